The highest BCUT2D eigenvalue weighted by Crippen LogP contribution is 2.37. The zero-order chi connectivity index (χ0) is 22.5. The lowest BCUT2D eigenvalue weighted by Gasteiger charge is -2.09. The first kappa shape index (κ1) is 23.1. The zero-order valence-corrected chi connectivity index (χ0v) is 19.6. The fraction of sp³-hybridized carbons (Fsp3) is 0.167. The smallest absolute Gasteiger partial charge is 0.341 e. The van der Waals surface area contributed by atoms with Gasteiger partial charge < -0.3 is 10.1 Å². The molecule has 160 valence electrons. The molecule has 0 saturated carbocycles. The van der Waals surface area contributed by atoms with E-state index in [1.807, 2.05) is 37.4 Å². The lowest BCUT2D eigenvalue weighted by atomic mass is 9.99. The third kappa shape index (κ3) is 5.37. The van der Waals surface area contributed by atoms with Crippen molar-refractivity contribution in [3.63, 3.8) is 0 Å². The summed E-state index contributed by atoms with van der Waals surface area (Å²) in [5.41, 5.74) is 4.78. The van der Waals surface area contributed by atoms with Crippen LogP contribution in [0.25, 0.3) is 17.2 Å². The van der Waals surface area contributed by atoms with Crippen molar-refractivity contribution in [3.8, 4) is 11.1 Å². The molecule has 0 bridgehead atoms. The average molecular weight is 474 g/mol. The highest BCUT2D eigenvalue weighted by Gasteiger charge is 2.22. The highest BCUT2D eigenvalue weighted by molar-refractivity contribution is 7.15. The van der Waals surface area contributed by atoms with Gasteiger partial charge in [0, 0.05) is 32.6 Å². The molecule has 0 unspecified atom stereocenters. The minimum absolute atomic E-state index is 0.235. The predicted molar refractivity (Wildman–Crippen MR) is 129 cm³/mol. The SMILES string of the molecule is CCOC(=O)c1c(-c2ccc(C)c(C)c2)csc1NC(=O)/C=C/c1c(Cl)cccc1Cl. The quantitative estimate of drug-likeness (QED) is 0.305. The molecule has 1 amide bonds. The van der Waals surface area contributed by atoms with Gasteiger partial charge in [-0.2, -0.15) is 0 Å². The molecule has 2 aromatic carbocycles. The molecule has 1 N–H and O–H groups in total. The van der Waals surface area contributed by atoms with Gasteiger partial charge in [0.2, 0.25) is 5.91 Å². The van der Waals surface area contributed by atoms with Crippen LogP contribution >= 0.6 is 34.5 Å². The Morgan fingerprint density at radius 3 is 2.45 bits per heavy atom. The van der Waals surface area contributed by atoms with Gasteiger partial charge in [-0.25, -0.2) is 4.79 Å². The Balaban J connectivity index is 1.92. The first-order chi connectivity index (χ1) is 14.8. The van der Waals surface area contributed by atoms with E-state index < -0.39 is 11.9 Å². The molecular formula is C24H21Cl2NO3S. The van der Waals surface area contributed by atoms with Crippen molar-refractivity contribution < 1.29 is 14.3 Å². The number of ether oxygens (including phenoxy) is 1. The first-order valence-electron chi connectivity index (χ1n) is 9.61. The molecule has 31 heavy (non-hydrogen) atoms. The van der Waals surface area contributed by atoms with Gasteiger partial charge in [0.15, 0.2) is 0 Å². The Hall–Kier alpha value is -2.60. The Bertz CT molecular complexity index is 1150. The van der Waals surface area contributed by atoms with Gasteiger partial charge >= 0.3 is 5.97 Å². The lowest BCUT2D eigenvalue weighted by Crippen LogP contribution is -2.12. The summed E-state index contributed by atoms with van der Waals surface area (Å²) >= 11 is 13.6. The third-order valence-electron chi connectivity index (χ3n) is 4.73. The Labute approximate surface area is 195 Å². The normalized spacial score (nSPS) is 11.0. The molecule has 3 aromatic rings. The third-order valence-corrected chi connectivity index (χ3v) is 6.28. The monoisotopic (exact) mass is 473 g/mol. The number of amides is 1. The number of hydrogen-bond donors (Lipinski definition) is 1. The molecule has 7 heteroatoms. The minimum atomic E-state index is -0.481. The molecule has 3 rings (SSSR count). The van der Waals surface area contributed by atoms with E-state index >= 15 is 0 Å². The zero-order valence-electron chi connectivity index (χ0n) is 17.3. The molecule has 0 fully saturated rings. The number of carbonyl (C=O) groups is 2. The van der Waals surface area contributed by atoms with Crippen molar-refractivity contribution >= 4 is 57.5 Å². The van der Waals surface area contributed by atoms with Gasteiger partial charge in [0.05, 0.1) is 6.61 Å². The van der Waals surface area contributed by atoms with E-state index in [4.69, 9.17) is 27.9 Å². The van der Waals surface area contributed by atoms with E-state index in [0.717, 1.165) is 22.3 Å². The van der Waals surface area contributed by atoms with Crippen LogP contribution < -0.4 is 5.32 Å². The van der Waals surface area contributed by atoms with Crippen molar-refractivity contribution in [1.29, 1.82) is 0 Å². The highest BCUT2D eigenvalue weighted by atomic mass is 35.5. The van der Waals surface area contributed by atoms with Gasteiger partial charge in [0.25, 0.3) is 0 Å². The number of hydrogen-bond acceptors (Lipinski definition) is 4. The van der Waals surface area contributed by atoms with Gasteiger partial charge in [0.1, 0.15) is 10.6 Å². The maximum Gasteiger partial charge on any atom is 0.341 e. The van der Waals surface area contributed by atoms with E-state index in [1.165, 1.54) is 17.4 Å². The van der Waals surface area contributed by atoms with Crippen LogP contribution in [-0.4, -0.2) is 18.5 Å². The number of aryl methyl sites for hydroxylation is 2. The van der Waals surface area contributed by atoms with Crippen LogP contribution in [0, 0.1) is 13.8 Å². The Kier molecular flexibility index (Phi) is 7.55. The molecule has 0 spiro atoms. The second kappa shape index (κ2) is 10.1. The summed E-state index contributed by atoms with van der Waals surface area (Å²) in [7, 11) is 0. The lowest BCUT2D eigenvalue weighted by molar-refractivity contribution is -0.111. The summed E-state index contributed by atoms with van der Waals surface area (Å²) in [4.78, 5) is 25.3. The first-order valence-corrected chi connectivity index (χ1v) is 11.2. The molecular weight excluding hydrogens is 453 g/mol. The second-order valence-electron chi connectivity index (χ2n) is 6.83. The fourth-order valence-electron chi connectivity index (χ4n) is 2.96. The standard InChI is InChI=1S/C24H21Cl2NO3S/c1-4-30-24(29)22-18(16-9-8-14(2)15(3)12-16)13-31-23(22)27-21(28)11-10-17-19(25)6-5-7-20(17)26/h5-13H,4H2,1-3H3,(H,27,28)/b11-10+. The summed E-state index contributed by atoms with van der Waals surface area (Å²) in [5.74, 6) is -0.888. The molecule has 0 atom stereocenters. The minimum Gasteiger partial charge on any atom is -0.462 e. The molecule has 0 radical (unpaired) electrons. The summed E-state index contributed by atoms with van der Waals surface area (Å²) in [5, 5.41) is 5.93. The van der Waals surface area contributed by atoms with Gasteiger partial charge in [-0.1, -0.05) is 47.5 Å². The van der Waals surface area contributed by atoms with E-state index in [0.29, 0.717) is 26.2 Å². The number of carbonyl (C=O) groups excluding carboxylic acids is 2. The van der Waals surface area contributed by atoms with Crippen molar-refractivity contribution in [2.24, 2.45) is 0 Å². The van der Waals surface area contributed by atoms with Crippen LogP contribution in [0.4, 0.5) is 5.00 Å². The van der Waals surface area contributed by atoms with Crippen LogP contribution in [0.2, 0.25) is 10.0 Å². The number of thiophene rings is 1. The van der Waals surface area contributed by atoms with Gasteiger partial charge in [-0.15, -0.1) is 11.3 Å². The van der Waals surface area contributed by atoms with Crippen LogP contribution in [0.5, 0.6) is 0 Å². The van der Waals surface area contributed by atoms with Crippen molar-refractivity contribution in [2.45, 2.75) is 20.8 Å². The number of halogens is 2. The fourth-order valence-corrected chi connectivity index (χ4v) is 4.44. The van der Waals surface area contributed by atoms with E-state index in [-0.39, 0.29) is 6.61 Å². The molecule has 0 aliphatic rings. The van der Waals surface area contributed by atoms with Gasteiger partial charge in [-0.3, -0.25) is 4.79 Å². The maximum atomic E-state index is 12.7. The van der Waals surface area contributed by atoms with Crippen molar-refractivity contribution in [1.82, 2.24) is 0 Å². The van der Waals surface area contributed by atoms with Crippen LogP contribution in [-0.2, 0) is 9.53 Å². The van der Waals surface area contributed by atoms with Crippen LogP contribution in [0.3, 0.4) is 0 Å². The van der Waals surface area contributed by atoms with Crippen LogP contribution in [0.15, 0.2) is 47.9 Å². The summed E-state index contributed by atoms with van der Waals surface area (Å²) in [6, 6.07) is 11.1. The molecule has 4 nitrogen and oxygen atoms in total. The number of benzene rings is 2. The number of anilines is 1. The van der Waals surface area contributed by atoms with E-state index in [1.54, 1.807) is 31.2 Å². The maximum absolute atomic E-state index is 12.7. The summed E-state index contributed by atoms with van der Waals surface area (Å²) in [6.07, 6.45) is 2.87. The summed E-state index contributed by atoms with van der Waals surface area (Å²) < 4.78 is 5.25. The predicted octanol–water partition coefficient (Wildman–Crippen LogP) is 7.17. The molecule has 0 saturated heterocycles. The second-order valence-corrected chi connectivity index (χ2v) is 8.52. The average Bonchev–Trinajstić information content (AvgIpc) is 3.13. The van der Waals surface area contributed by atoms with Crippen LogP contribution in [0.1, 0.15) is 34.0 Å². The number of esters is 1. The number of rotatable bonds is 6. The molecule has 0 aliphatic heterocycles. The van der Waals surface area contributed by atoms with E-state index in [9.17, 15) is 9.59 Å². The largest absolute Gasteiger partial charge is 0.462 e. The van der Waals surface area contributed by atoms with Gasteiger partial charge in [-0.05, 0) is 55.7 Å². The topological polar surface area (TPSA) is 55.4 Å². The Morgan fingerprint density at radius 1 is 1.10 bits per heavy atom. The molecule has 0 aliphatic carbocycles. The molecule has 1 aromatic heterocycles. The molecule has 1 heterocycles. The van der Waals surface area contributed by atoms with Crippen molar-refractivity contribution in [2.75, 3.05) is 11.9 Å². The number of nitrogens with one attached hydrogen (secondary N) is 1. The van der Waals surface area contributed by atoms with E-state index in [2.05, 4.69) is 5.32 Å². The Morgan fingerprint density at radius 2 is 1.81 bits per heavy atom. The van der Waals surface area contributed by atoms with Crippen molar-refractivity contribution in [3.05, 3.63) is 80.2 Å². The summed E-state index contributed by atoms with van der Waals surface area (Å²) in [6.45, 7) is 6.03.